The quantitative estimate of drug-likeness (QED) is 0.409. The number of hydrogen-bond donors (Lipinski definition) is 2. The molecule has 1 aliphatic rings. The van der Waals surface area contributed by atoms with Crippen LogP contribution in [0.4, 0.5) is 13.2 Å². The Hall–Kier alpha value is -4.20. The van der Waals surface area contributed by atoms with Crippen molar-refractivity contribution in [3.05, 3.63) is 100 Å². The minimum absolute atomic E-state index is 0.0355. The molecule has 0 unspecified atom stereocenters. The molecule has 5 nitrogen and oxygen atoms in total. The summed E-state index contributed by atoms with van der Waals surface area (Å²) in [7, 11) is 0. The van der Waals surface area contributed by atoms with E-state index in [9.17, 15) is 18.4 Å². The Balaban J connectivity index is 1.42. The van der Waals surface area contributed by atoms with Crippen molar-refractivity contribution in [3.8, 4) is 22.5 Å². The molecule has 2 N–H and O–H groups in total. The van der Waals surface area contributed by atoms with Gasteiger partial charge in [-0.25, -0.2) is 18.2 Å². The monoisotopic (exact) mass is 475 g/mol. The smallest absolute Gasteiger partial charge is 0.252 e. The fourth-order valence-corrected chi connectivity index (χ4v) is 4.42. The number of rotatable bonds is 6. The number of aryl methyl sites for hydroxylation is 1. The average Bonchev–Trinajstić information content (AvgIpc) is 3.42. The number of nitrogens with zero attached hydrogens (tertiary/aromatic N) is 1. The van der Waals surface area contributed by atoms with Crippen LogP contribution in [-0.2, 0) is 24.2 Å². The molecule has 0 fully saturated rings. The largest absolute Gasteiger partial charge is 0.348 e. The maximum absolute atomic E-state index is 15.2. The SMILES string of the molecule is Cc1cnc(-c2ccc(-c3ccc(CC(=O)Cc4cc(F)ccc4F)cc3F)c3c2C(=O)NC3)[nH]1. The molecule has 0 saturated heterocycles. The van der Waals surface area contributed by atoms with Crippen LogP contribution in [0.2, 0.25) is 0 Å². The lowest BCUT2D eigenvalue weighted by Crippen LogP contribution is -2.13. The van der Waals surface area contributed by atoms with Gasteiger partial charge in [-0.15, -0.1) is 0 Å². The van der Waals surface area contributed by atoms with E-state index >= 15 is 4.39 Å². The summed E-state index contributed by atoms with van der Waals surface area (Å²) in [4.78, 5) is 32.4. The van der Waals surface area contributed by atoms with Crippen molar-refractivity contribution < 1.29 is 22.8 Å². The van der Waals surface area contributed by atoms with Gasteiger partial charge < -0.3 is 10.3 Å². The number of imidazole rings is 1. The van der Waals surface area contributed by atoms with Crippen LogP contribution in [0, 0.1) is 24.4 Å². The first-order valence-corrected chi connectivity index (χ1v) is 11.0. The van der Waals surface area contributed by atoms with Gasteiger partial charge in [0, 0.05) is 42.4 Å². The molecule has 2 heterocycles. The zero-order valence-electron chi connectivity index (χ0n) is 18.7. The van der Waals surface area contributed by atoms with Gasteiger partial charge in [0.2, 0.25) is 0 Å². The third-order valence-corrected chi connectivity index (χ3v) is 6.04. The molecule has 8 heteroatoms. The summed E-state index contributed by atoms with van der Waals surface area (Å²) in [6, 6.07) is 10.9. The van der Waals surface area contributed by atoms with E-state index in [1.807, 2.05) is 6.92 Å². The lowest BCUT2D eigenvalue weighted by molar-refractivity contribution is -0.117. The lowest BCUT2D eigenvalue weighted by atomic mass is 9.92. The third kappa shape index (κ3) is 4.35. The van der Waals surface area contributed by atoms with E-state index in [0.29, 0.717) is 39.2 Å². The van der Waals surface area contributed by atoms with Gasteiger partial charge in [0.25, 0.3) is 5.91 Å². The molecule has 5 rings (SSSR count). The number of H-pyrrole nitrogens is 1. The summed E-state index contributed by atoms with van der Waals surface area (Å²) in [5.74, 6) is -1.89. The fourth-order valence-electron chi connectivity index (χ4n) is 4.42. The van der Waals surface area contributed by atoms with Crippen LogP contribution in [-0.4, -0.2) is 21.7 Å². The van der Waals surface area contributed by atoms with E-state index in [2.05, 4.69) is 15.3 Å². The number of nitrogens with one attached hydrogen (secondary N) is 2. The van der Waals surface area contributed by atoms with Crippen molar-refractivity contribution in [1.29, 1.82) is 0 Å². The van der Waals surface area contributed by atoms with Gasteiger partial charge in [0.15, 0.2) is 0 Å². The summed E-state index contributed by atoms with van der Waals surface area (Å²) in [6.07, 6.45) is 1.26. The Morgan fingerprint density at radius 2 is 1.71 bits per heavy atom. The van der Waals surface area contributed by atoms with Gasteiger partial charge in [0.1, 0.15) is 29.1 Å². The number of hydrogen-bond acceptors (Lipinski definition) is 3. The predicted octanol–water partition coefficient (Wildman–Crippen LogP) is 5.07. The van der Waals surface area contributed by atoms with Gasteiger partial charge in [-0.3, -0.25) is 9.59 Å². The Bertz CT molecular complexity index is 1490. The van der Waals surface area contributed by atoms with E-state index in [4.69, 9.17) is 0 Å². The molecule has 1 aliphatic heterocycles. The highest BCUT2D eigenvalue weighted by molar-refractivity contribution is 6.06. The van der Waals surface area contributed by atoms with Gasteiger partial charge >= 0.3 is 0 Å². The van der Waals surface area contributed by atoms with Crippen molar-refractivity contribution in [2.45, 2.75) is 26.3 Å². The molecular weight excluding hydrogens is 455 g/mol. The molecule has 1 aromatic heterocycles. The van der Waals surface area contributed by atoms with Gasteiger partial charge in [-0.05, 0) is 59.5 Å². The van der Waals surface area contributed by atoms with Crippen molar-refractivity contribution in [2.75, 3.05) is 0 Å². The molecule has 0 radical (unpaired) electrons. The summed E-state index contributed by atoms with van der Waals surface area (Å²) in [6.45, 7) is 2.12. The van der Waals surface area contributed by atoms with Crippen molar-refractivity contribution in [3.63, 3.8) is 0 Å². The van der Waals surface area contributed by atoms with E-state index in [1.54, 1.807) is 30.5 Å². The van der Waals surface area contributed by atoms with Crippen LogP contribution < -0.4 is 5.32 Å². The van der Waals surface area contributed by atoms with Crippen LogP contribution in [0.3, 0.4) is 0 Å². The topological polar surface area (TPSA) is 74.8 Å². The number of amides is 1. The highest BCUT2D eigenvalue weighted by Crippen LogP contribution is 2.36. The standard InChI is InChI=1S/C27H20F3N3O2/c1-14-12-31-26(33-14)21-6-5-19(22-13-32-27(35)25(21)22)20-4-2-15(9-24(20)30)8-18(34)11-16-10-17(28)3-7-23(16)29/h2-7,9-10,12H,8,11,13H2,1H3,(H,31,33)(H,32,35). The minimum atomic E-state index is -0.661. The van der Waals surface area contributed by atoms with Gasteiger partial charge in [0.05, 0.1) is 5.56 Å². The van der Waals surface area contributed by atoms with Crippen LogP contribution >= 0.6 is 0 Å². The molecule has 176 valence electrons. The lowest BCUT2D eigenvalue weighted by Gasteiger charge is -2.12. The molecule has 1 amide bonds. The first-order chi connectivity index (χ1) is 16.8. The molecule has 0 atom stereocenters. The Kier molecular flexibility index (Phi) is 5.72. The Labute approximate surface area is 199 Å². The molecular formula is C27H20F3N3O2. The fraction of sp³-hybridized carbons (Fsp3) is 0.148. The van der Waals surface area contributed by atoms with E-state index < -0.39 is 17.5 Å². The number of carbonyl (C=O) groups is 2. The number of benzene rings is 3. The number of carbonyl (C=O) groups excluding carboxylic acids is 2. The highest BCUT2D eigenvalue weighted by Gasteiger charge is 2.28. The molecule has 0 bridgehead atoms. The number of ketones is 1. The third-order valence-electron chi connectivity index (χ3n) is 6.04. The molecule has 4 aromatic rings. The first kappa shape index (κ1) is 22.6. The maximum atomic E-state index is 15.2. The van der Waals surface area contributed by atoms with Crippen molar-refractivity contribution in [1.82, 2.24) is 15.3 Å². The van der Waals surface area contributed by atoms with Crippen molar-refractivity contribution in [2.24, 2.45) is 0 Å². The Morgan fingerprint density at radius 1 is 0.943 bits per heavy atom. The van der Waals surface area contributed by atoms with Crippen LogP contribution in [0.5, 0.6) is 0 Å². The molecule has 35 heavy (non-hydrogen) atoms. The second-order valence-electron chi connectivity index (χ2n) is 8.55. The molecule has 0 saturated carbocycles. The summed E-state index contributed by atoms with van der Waals surface area (Å²) in [5, 5.41) is 2.80. The maximum Gasteiger partial charge on any atom is 0.252 e. The zero-order chi connectivity index (χ0) is 24.7. The summed E-state index contributed by atoms with van der Waals surface area (Å²) >= 11 is 0. The number of fused-ring (bicyclic) bond motifs is 1. The molecule has 3 aromatic carbocycles. The zero-order valence-corrected chi connectivity index (χ0v) is 18.7. The molecule has 0 aliphatic carbocycles. The van der Waals surface area contributed by atoms with E-state index in [1.165, 1.54) is 6.07 Å². The number of aromatic nitrogens is 2. The number of Topliss-reactive ketones (excluding diaryl/α,β-unsaturated/α-hetero) is 1. The van der Waals surface area contributed by atoms with Crippen LogP contribution in [0.1, 0.15) is 32.7 Å². The van der Waals surface area contributed by atoms with E-state index in [0.717, 1.165) is 23.9 Å². The van der Waals surface area contributed by atoms with Crippen LogP contribution in [0.25, 0.3) is 22.5 Å². The first-order valence-electron chi connectivity index (χ1n) is 11.0. The predicted molar refractivity (Wildman–Crippen MR) is 124 cm³/mol. The summed E-state index contributed by atoms with van der Waals surface area (Å²) < 4.78 is 42.4. The van der Waals surface area contributed by atoms with Gasteiger partial charge in [-0.1, -0.05) is 18.2 Å². The highest BCUT2D eigenvalue weighted by atomic mass is 19.1. The van der Waals surface area contributed by atoms with Crippen molar-refractivity contribution >= 4 is 11.7 Å². The number of halogens is 3. The Morgan fingerprint density at radius 3 is 2.46 bits per heavy atom. The molecule has 0 spiro atoms. The summed E-state index contributed by atoms with van der Waals surface area (Å²) in [5.41, 5.74) is 3.87. The van der Waals surface area contributed by atoms with E-state index in [-0.39, 0.29) is 36.6 Å². The number of aromatic amines is 1. The normalized spacial score (nSPS) is 12.5. The second-order valence-corrected chi connectivity index (χ2v) is 8.55. The second kappa shape index (κ2) is 8.87. The van der Waals surface area contributed by atoms with Gasteiger partial charge in [-0.2, -0.15) is 0 Å². The average molecular weight is 475 g/mol. The van der Waals surface area contributed by atoms with Crippen LogP contribution in [0.15, 0.2) is 54.7 Å². The minimum Gasteiger partial charge on any atom is -0.348 e.